The van der Waals surface area contributed by atoms with Crippen molar-refractivity contribution in [2.45, 2.75) is 26.8 Å². The van der Waals surface area contributed by atoms with Gasteiger partial charge in [-0.2, -0.15) is 5.10 Å². The summed E-state index contributed by atoms with van der Waals surface area (Å²) in [6, 6.07) is 6.89. The fourth-order valence-corrected chi connectivity index (χ4v) is 2.00. The van der Waals surface area contributed by atoms with Crippen LogP contribution in [0.1, 0.15) is 19.4 Å². The van der Waals surface area contributed by atoms with Gasteiger partial charge >= 0.3 is 5.97 Å². The Balaban J connectivity index is 2.56. The third-order valence-electron chi connectivity index (χ3n) is 2.86. The highest BCUT2D eigenvalue weighted by atomic mass is 16.4. The molecule has 6 heteroatoms. The summed E-state index contributed by atoms with van der Waals surface area (Å²) in [7, 11) is 0. The van der Waals surface area contributed by atoms with Gasteiger partial charge in [0.25, 0.3) is 5.56 Å². The number of rotatable bonds is 5. The minimum Gasteiger partial charge on any atom is -0.481 e. The van der Waals surface area contributed by atoms with E-state index in [1.54, 1.807) is 18.3 Å². The highest BCUT2D eigenvalue weighted by Crippen LogP contribution is 2.13. The second-order valence-electron chi connectivity index (χ2n) is 5.22. The zero-order chi connectivity index (χ0) is 15.4. The van der Waals surface area contributed by atoms with Crippen molar-refractivity contribution in [2.75, 3.05) is 0 Å². The largest absolute Gasteiger partial charge is 0.481 e. The molecule has 0 atom stereocenters. The van der Waals surface area contributed by atoms with Crippen molar-refractivity contribution >= 4 is 5.97 Å². The van der Waals surface area contributed by atoms with Crippen LogP contribution in [-0.4, -0.2) is 25.8 Å². The number of aliphatic carboxylic acids is 1. The molecule has 0 aliphatic rings. The van der Waals surface area contributed by atoms with Gasteiger partial charge in [0.2, 0.25) is 0 Å². The van der Waals surface area contributed by atoms with Gasteiger partial charge in [-0.1, -0.05) is 19.9 Å². The Kier molecular flexibility index (Phi) is 4.47. The average Bonchev–Trinajstić information content (AvgIpc) is 2.43. The molecule has 0 saturated heterocycles. The van der Waals surface area contributed by atoms with Crippen LogP contribution in [0.2, 0.25) is 0 Å². The van der Waals surface area contributed by atoms with Crippen molar-refractivity contribution in [1.29, 1.82) is 0 Å². The van der Waals surface area contributed by atoms with Crippen LogP contribution in [0.25, 0.3) is 11.4 Å². The Morgan fingerprint density at radius 3 is 2.67 bits per heavy atom. The summed E-state index contributed by atoms with van der Waals surface area (Å²) in [5, 5.41) is 13.2. The highest BCUT2D eigenvalue weighted by Gasteiger charge is 2.13. The van der Waals surface area contributed by atoms with Gasteiger partial charge in [0.05, 0.1) is 12.1 Å². The molecule has 2 rings (SSSR count). The standard InChI is InChI=1S/C15H17N3O3/c1-10(2)9-18-15(21)11(8-14(19)20)7-13(17-18)12-5-3-4-6-16-12/h3-7,10H,8-9H2,1-2H3,(H,19,20). The van der Waals surface area contributed by atoms with E-state index in [4.69, 9.17) is 5.11 Å². The topological polar surface area (TPSA) is 85.1 Å². The molecule has 2 heterocycles. The van der Waals surface area contributed by atoms with E-state index in [9.17, 15) is 9.59 Å². The Labute approximate surface area is 122 Å². The van der Waals surface area contributed by atoms with Crippen LogP contribution in [0, 0.1) is 5.92 Å². The van der Waals surface area contributed by atoms with Gasteiger partial charge in [-0.25, -0.2) is 4.68 Å². The van der Waals surface area contributed by atoms with Crippen LogP contribution in [0.3, 0.4) is 0 Å². The Bertz CT molecular complexity index is 693. The van der Waals surface area contributed by atoms with Gasteiger partial charge < -0.3 is 5.11 Å². The number of pyridine rings is 1. The smallest absolute Gasteiger partial charge is 0.308 e. The Morgan fingerprint density at radius 1 is 1.33 bits per heavy atom. The summed E-state index contributed by atoms with van der Waals surface area (Å²) < 4.78 is 1.33. The summed E-state index contributed by atoms with van der Waals surface area (Å²) >= 11 is 0. The number of hydrogen-bond donors (Lipinski definition) is 1. The molecule has 0 saturated carbocycles. The number of aromatic nitrogens is 3. The monoisotopic (exact) mass is 287 g/mol. The molecule has 1 N–H and O–H groups in total. The van der Waals surface area contributed by atoms with Gasteiger partial charge in [0.15, 0.2) is 0 Å². The minimum absolute atomic E-state index is 0.221. The maximum Gasteiger partial charge on any atom is 0.308 e. The van der Waals surface area contributed by atoms with Crippen molar-refractivity contribution in [3.63, 3.8) is 0 Å². The van der Waals surface area contributed by atoms with E-state index < -0.39 is 5.97 Å². The molecule has 0 unspecified atom stereocenters. The predicted octanol–water partition coefficient (Wildman–Crippen LogP) is 1.59. The lowest BCUT2D eigenvalue weighted by atomic mass is 10.1. The van der Waals surface area contributed by atoms with Crippen molar-refractivity contribution in [2.24, 2.45) is 5.92 Å². The second kappa shape index (κ2) is 6.30. The van der Waals surface area contributed by atoms with E-state index in [-0.39, 0.29) is 23.5 Å². The first-order valence-electron chi connectivity index (χ1n) is 6.71. The quantitative estimate of drug-likeness (QED) is 0.902. The molecule has 0 radical (unpaired) electrons. The number of hydrogen-bond acceptors (Lipinski definition) is 4. The number of nitrogens with zero attached hydrogens (tertiary/aromatic N) is 3. The fraction of sp³-hybridized carbons (Fsp3) is 0.333. The molecule has 0 aliphatic heterocycles. The first-order valence-corrected chi connectivity index (χ1v) is 6.71. The maximum atomic E-state index is 12.2. The molecule has 0 spiro atoms. The lowest BCUT2D eigenvalue weighted by Gasteiger charge is -2.11. The van der Waals surface area contributed by atoms with Gasteiger partial charge in [0, 0.05) is 18.3 Å². The maximum absolute atomic E-state index is 12.2. The van der Waals surface area contributed by atoms with Gasteiger partial charge in [-0.05, 0) is 24.1 Å². The lowest BCUT2D eigenvalue weighted by molar-refractivity contribution is -0.136. The summed E-state index contributed by atoms with van der Waals surface area (Å²) in [6.07, 6.45) is 1.31. The van der Waals surface area contributed by atoms with E-state index >= 15 is 0 Å². The van der Waals surface area contributed by atoms with Gasteiger partial charge in [0.1, 0.15) is 5.69 Å². The van der Waals surface area contributed by atoms with E-state index in [0.717, 1.165) is 0 Å². The third kappa shape index (κ3) is 3.75. The lowest BCUT2D eigenvalue weighted by Crippen LogP contribution is -2.29. The SMILES string of the molecule is CC(C)Cn1nc(-c2ccccn2)cc(CC(=O)O)c1=O. The van der Waals surface area contributed by atoms with Crippen molar-refractivity contribution < 1.29 is 9.90 Å². The van der Waals surface area contributed by atoms with Crippen molar-refractivity contribution in [3.05, 3.63) is 46.4 Å². The first kappa shape index (κ1) is 14.9. The van der Waals surface area contributed by atoms with Crippen LogP contribution in [-0.2, 0) is 17.8 Å². The molecule has 2 aromatic heterocycles. The normalized spacial score (nSPS) is 10.8. The highest BCUT2D eigenvalue weighted by molar-refractivity contribution is 5.70. The molecule has 0 aromatic carbocycles. The fourth-order valence-electron chi connectivity index (χ4n) is 2.00. The average molecular weight is 287 g/mol. The molecule has 0 aliphatic carbocycles. The summed E-state index contributed by atoms with van der Waals surface area (Å²) in [5.74, 6) is -0.812. The van der Waals surface area contributed by atoms with Crippen LogP contribution < -0.4 is 5.56 Å². The third-order valence-corrected chi connectivity index (χ3v) is 2.86. The van der Waals surface area contributed by atoms with E-state index in [2.05, 4.69) is 10.1 Å². The number of carboxylic acid groups (broad SMARTS) is 1. The zero-order valence-electron chi connectivity index (χ0n) is 12.0. The zero-order valence-corrected chi connectivity index (χ0v) is 12.0. The van der Waals surface area contributed by atoms with Crippen LogP contribution in [0.15, 0.2) is 35.3 Å². The van der Waals surface area contributed by atoms with Crippen LogP contribution >= 0.6 is 0 Å². The Hall–Kier alpha value is -2.50. The summed E-state index contributed by atoms with van der Waals surface area (Å²) in [5.41, 5.74) is 0.985. The second-order valence-corrected chi connectivity index (χ2v) is 5.22. The number of carbonyl (C=O) groups is 1. The molecular weight excluding hydrogens is 270 g/mol. The van der Waals surface area contributed by atoms with Crippen LogP contribution in [0.4, 0.5) is 0 Å². The molecule has 6 nitrogen and oxygen atoms in total. The summed E-state index contributed by atoms with van der Waals surface area (Å²) in [6.45, 7) is 4.38. The van der Waals surface area contributed by atoms with Crippen molar-refractivity contribution in [3.8, 4) is 11.4 Å². The van der Waals surface area contributed by atoms with Crippen LogP contribution in [0.5, 0.6) is 0 Å². The molecule has 21 heavy (non-hydrogen) atoms. The molecular formula is C15H17N3O3. The molecule has 110 valence electrons. The summed E-state index contributed by atoms with van der Waals surface area (Å²) in [4.78, 5) is 27.4. The first-order chi connectivity index (χ1) is 9.97. The van der Waals surface area contributed by atoms with E-state index in [1.165, 1.54) is 10.7 Å². The molecule has 2 aromatic rings. The predicted molar refractivity (Wildman–Crippen MR) is 77.9 cm³/mol. The van der Waals surface area contributed by atoms with E-state index in [0.29, 0.717) is 17.9 Å². The minimum atomic E-state index is -1.04. The van der Waals surface area contributed by atoms with Gasteiger partial charge in [-0.15, -0.1) is 0 Å². The Morgan fingerprint density at radius 2 is 2.10 bits per heavy atom. The van der Waals surface area contributed by atoms with Crippen molar-refractivity contribution in [1.82, 2.24) is 14.8 Å². The number of carboxylic acids is 1. The molecule has 0 fully saturated rings. The molecule has 0 bridgehead atoms. The van der Waals surface area contributed by atoms with E-state index in [1.807, 2.05) is 19.9 Å². The van der Waals surface area contributed by atoms with Gasteiger partial charge in [-0.3, -0.25) is 14.6 Å². The molecule has 0 amide bonds.